The summed E-state index contributed by atoms with van der Waals surface area (Å²) in [5.74, 6) is -3.59. The lowest BCUT2D eigenvalue weighted by molar-refractivity contribution is -0.0488. The van der Waals surface area contributed by atoms with Crippen LogP contribution in [0.3, 0.4) is 0 Å². The largest absolute Gasteiger partial charge is 0.390 e. The molecule has 0 saturated heterocycles. The number of aliphatic hydroxyl groups excluding tert-OH is 1. The number of halogens is 3. The quantitative estimate of drug-likeness (QED) is 0.772. The zero-order valence-corrected chi connectivity index (χ0v) is 6.80. The second-order valence-corrected chi connectivity index (χ2v) is 2.82. The Labute approximate surface area is 73.8 Å². The van der Waals surface area contributed by atoms with Gasteiger partial charge in [0.15, 0.2) is 0 Å². The summed E-state index contributed by atoms with van der Waals surface area (Å²) in [4.78, 5) is 0. The lowest BCUT2D eigenvalue weighted by atomic mass is 10.1. The molecule has 0 unspecified atom stereocenters. The van der Waals surface area contributed by atoms with Crippen molar-refractivity contribution < 1.29 is 18.3 Å². The van der Waals surface area contributed by atoms with Gasteiger partial charge in [0, 0.05) is 6.42 Å². The Balaban J connectivity index is 2.69. The summed E-state index contributed by atoms with van der Waals surface area (Å²) < 4.78 is 37.6. The molecular formula is C9H9F3O. The molecule has 1 rings (SSSR count). The molecule has 0 aliphatic carbocycles. The average Bonchev–Trinajstić information content (AvgIpc) is 2.09. The molecule has 0 heterocycles. The van der Waals surface area contributed by atoms with Gasteiger partial charge in [-0.15, -0.1) is 0 Å². The van der Waals surface area contributed by atoms with E-state index in [1.165, 1.54) is 12.1 Å². The predicted octanol–water partition coefficient (Wildman–Crippen LogP) is 2.00. The first-order valence-electron chi connectivity index (χ1n) is 3.77. The summed E-state index contributed by atoms with van der Waals surface area (Å²) in [6, 6.07) is 4.78. The van der Waals surface area contributed by atoms with Gasteiger partial charge in [-0.3, -0.25) is 0 Å². The van der Waals surface area contributed by atoms with Crippen molar-refractivity contribution >= 4 is 0 Å². The van der Waals surface area contributed by atoms with Gasteiger partial charge in [-0.2, -0.15) is 0 Å². The molecule has 0 aliphatic rings. The molecule has 0 aromatic heterocycles. The van der Waals surface area contributed by atoms with Crippen LogP contribution in [0.25, 0.3) is 0 Å². The van der Waals surface area contributed by atoms with Crippen LogP contribution < -0.4 is 0 Å². The summed E-state index contributed by atoms with van der Waals surface area (Å²) in [6.45, 7) is -1.19. The lowest BCUT2D eigenvalue weighted by Crippen LogP contribution is -2.24. The highest BCUT2D eigenvalue weighted by Gasteiger charge is 2.27. The van der Waals surface area contributed by atoms with E-state index in [1.807, 2.05) is 0 Å². The van der Waals surface area contributed by atoms with Gasteiger partial charge in [-0.1, -0.05) is 12.1 Å². The minimum absolute atomic E-state index is 0.306. The Bertz CT molecular complexity index is 269. The van der Waals surface area contributed by atoms with Crippen LogP contribution in [0.5, 0.6) is 0 Å². The van der Waals surface area contributed by atoms with Gasteiger partial charge in [0.05, 0.1) is 0 Å². The number of alkyl halides is 2. The third kappa shape index (κ3) is 3.06. The third-order valence-electron chi connectivity index (χ3n) is 1.61. The van der Waals surface area contributed by atoms with Crippen molar-refractivity contribution in [2.75, 3.05) is 6.61 Å². The van der Waals surface area contributed by atoms with Crippen molar-refractivity contribution in [3.05, 3.63) is 35.6 Å². The summed E-state index contributed by atoms with van der Waals surface area (Å²) in [7, 11) is 0. The van der Waals surface area contributed by atoms with Crippen LogP contribution in [-0.2, 0) is 6.42 Å². The fourth-order valence-corrected chi connectivity index (χ4v) is 0.957. The Morgan fingerprint density at radius 3 is 2.15 bits per heavy atom. The van der Waals surface area contributed by atoms with E-state index in [-0.39, 0.29) is 0 Å². The fourth-order valence-electron chi connectivity index (χ4n) is 0.957. The van der Waals surface area contributed by atoms with Gasteiger partial charge in [0.25, 0.3) is 5.92 Å². The van der Waals surface area contributed by atoms with E-state index in [1.54, 1.807) is 0 Å². The number of hydrogen-bond acceptors (Lipinski definition) is 1. The predicted molar refractivity (Wildman–Crippen MR) is 42.1 cm³/mol. The van der Waals surface area contributed by atoms with Crippen molar-refractivity contribution in [2.45, 2.75) is 12.3 Å². The van der Waals surface area contributed by atoms with E-state index < -0.39 is 24.8 Å². The molecule has 0 atom stereocenters. The molecule has 0 fully saturated rings. The van der Waals surface area contributed by atoms with Crippen LogP contribution in [0, 0.1) is 5.82 Å². The smallest absolute Gasteiger partial charge is 0.274 e. The van der Waals surface area contributed by atoms with Crippen LogP contribution in [-0.4, -0.2) is 17.6 Å². The molecule has 72 valence electrons. The van der Waals surface area contributed by atoms with E-state index in [0.29, 0.717) is 5.56 Å². The second-order valence-electron chi connectivity index (χ2n) is 2.82. The maximum absolute atomic E-state index is 12.6. The molecule has 0 bridgehead atoms. The third-order valence-corrected chi connectivity index (χ3v) is 1.61. The zero-order chi connectivity index (χ0) is 9.90. The van der Waals surface area contributed by atoms with E-state index >= 15 is 0 Å². The Kier molecular flexibility index (Phi) is 2.93. The maximum Gasteiger partial charge on any atom is 0.274 e. The van der Waals surface area contributed by atoms with Gasteiger partial charge < -0.3 is 5.11 Å². The normalized spacial score (nSPS) is 11.7. The van der Waals surface area contributed by atoms with Crippen LogP contribution >= 0.6 is 0 Å². The molecule has 13 heavy (non-hydrogen) atoms. The lowest BCUT2D eigenvalue weighted by Gasteiger charge is -2.12. The molecule has 0 saturated carbocycles. The van der Waals surface area contributed by atoms with E-state index in [2.05, 4.69) is 0 Å². The fraction of sp³-hybridized carbons (Fsp3) is 0.333. The van der Waals surface area contributed by atoms with Gasteiger partial charge >= 0.3 is 0 Å². The van der Waals surface area contributed by atoms with E-state index in [4.69, 9.17) is 5.11 Å². The summed E-state index contributed by atoms with van der Waals surface area (Å²) in [5.41, 5.74) is 0.306. The summed E-state index contributed by atoms with van der Waals surface area (Å²) in [5, 5.41) is 8.29. The van der Waals surface area contributed by atoms with Gasteiger partial charge in [-0.05, 0) is 17.7 Å². The standard InChI is InChI=1S/C9H9F3O/c10-8-3-1-7(2-4-8)5-9(11,12)6-13/h1-4,13H,5-6H2. The number of hydrogen-bond donors (Lipinski definition) is 1. The number of benzene rings is 1. The first kappa shape index (κ1) is 10.1. The highest BCUT2D eigenvalue weighted by Crippen LogP contribution is 2.19. The van der Waals surface area contributed by atoms with Crippen molar-refractivity contribution in [3.8, 4) is 0 Å². The summed E-state index contributed by atoms with van der Waals surface area (Å²) in [6.07, 6.45) is -0.566. The number of rotatable bonds is 3. The molecular weight excluding hydrogens is 181 g/mol. The Hall–Kier alpha value is -1.03. The molecule has 4 heteroatoms. The van der Waals surface area contributed by atoms with Crippen LogP contribution in [0.4, 0.5) is 13.2 Å². The zero-order valence-electron chi connectivity index (χ0n) is 6.80. The molecule has 0 radical (unpaired) electrons. The first-order chi connectivity index (χ1) is 6.03. The van der Waals surface area contributed by atoms with Crippen molar-refractivity contribution in [3.63, 3.8) is 0 Å². The van der Waals surface area contributed by atoms with Crippen LogP contribution in [0.2, 0.25) is 0 Å². The molecule has 1 aromatic rings. The molecule has 1 nitrogen and oxygen atoms in total. The van der Waals surface area contributed by atoms with E-state index in [0.717, 1.165) is 12.1 Å². The van der Waals surface area contributed by atoms with Crippen molar-refractivity contribution in [1.29, 1.82) is 0 Å². The van der Waals surface area contributed by atoms with Gasteiger partial charge in [0.2, 0.25) is 0 Å². The minimum Gasteiger partial charge on any atom is -0.390 e. The van der Waals surface area contributed by atoms with Crippen LogP contribution in [0.15, 0.2) is 24.3 Å². The highest BCUT2D eigenvalue weighted by atomic mass is 19.3. The van der Waals surface area contributed by atoms with E-state index in [9.17, 15) is 13.2 Å². The number of aliphatic hydroxyl groups is 1. The average molecular weight is 190 g/mol. The van der Waals surface area contributed by atoms with Crippen molar-refractivity contribution in [1.82, 2.24) is 0 Å². The van der Waals surface area contributed by atoms with Gasteiger partial charge in [-0.25, -0.2) is 13.2 Å². The Morgan fingerprint density at radius 2 is 1.69 bits per heavy atom. The minimum atomic E-state index is -3.13. The Morgan fingerprint density at radius 1 is 1.15 bits per heavy atom. The SMILES string of the molecule is OCC(F)(F)Cc1ccc(F)cc1. The monoisotopic (exact) mass is 190 g/mol. The first-order valence-corrected chi connectivity index (χ1v) is 3.77. The van der Waals surface area contributed by atoms with Gasteiger partial charge in [0.1, 0.15) is 12.4 Å². The molecule has 0 aliphatic heterocycles. The molecule has 1 N–H and O–H groups in total. The van der Waals surface area contributed by atoms with Crippen molar-refractivity contribution in [2.24, 2.45) is 0 Å². The topological polar surface area (TPSA) is 20.2 Å². The maximum atomic E-state index is 12.6. The molecule has 0 spiro atoms. The molecule has 0 amide bonds. The molecule has 1 aromatic carbocycles. The second kappa shape index (κ2) is 3.79. The highest BCUT2D eigenvalue weighted by molar-refractivity contribution is 5.17. The summed E-state index contributed by atoms with van der Waals surface area (Å²) >= 11 is 0. The van der Waals surface area contributed by atoms with Crippen LogP contribution in [0.1, 0.15) is 5.56 Å².